The van der Waals surface area contributed by atoms with E-state index in [1.807, 2.05) is 60.7 Å². The molecule has 6 rings (SSSR count). The number of aromatic nitrogens is 2. The third-order valence-electron chi connectivity index (χ3n) is 8.02. The fraction of sp³-hybridized carbons (Fsp3) is 0.250. The van der Waals surface area contributed by atoms with E-state index in [-0.39, 0.29) is 19.3 Å². The molecule has 1 aromatic heterocycles. The zero-order valence-corrected chi connectivity index (χ0v) is 26.4. The van der Waals surface area contributed by atoms with Crippen LogP contribution in [0.2, 0.25) is 0 Å². The Bertz CT molecular complexity index is 1940. The molecule has 4 aromatic carbocycles. The minimum absolute atomic E-state index is 0.0762. The van der Waals surface area contributed by atoms with Crippen molar-refractivity contribution >= 4 is 62.6 Å². The average Bonchev–Trinajstić information content (AvgIpc) is 3.41. The van der Waals surface area contributed by atoms with Gasteiger partial charge in [-0.3, -0.25) is 9.59 Å². The number of rotatable bonds is 12. The summed E-state index contributed by atoms with van der Waals surface area (Å²) in [4.78, 5) is 47.4. The number of carbonyl (C=O) groups is 3. The molecular weight excluding hydrogens is 594 g/mol. The van der Waals surface area contributed by atoms with E-state index < -0.39 is 17.8 Å². The molecule has 11 nitrogen and oxygen atoms in total. The predicted molar refractivity (Wildman–Crippen MR) is 180 cm³/mol. The van der Waals surface area contributed by atoms with Crippen molar-refractivity contribution < 1.29 is 23.8 Å². The summed E-state index contributed by atoms with van der Waals surface area (Å²) >= 11 is 0. The molecule has 0 radical (unpaired) electrons. The van der Waals surface area contributed by atoms with Crippen LogP contribution in [0.5, 0.6) is 0 Å². The van der Waals surface area contributed by atoms with Gasteiger partial charge in [0.2, 0.25) is 16.7 Å². The van der Waals surface area contributed by atoms with Gasteiger partial charge >= 0.3 is 5.97 Å². The molecule has 2 heterocycles. The number of anilines is 2. The maximum Gasteiger partial charge on any atom is 0.333 e. The van der Waals surface area contributed by atoms with Crippen molar-refractivity contribution in [3.8, 4) is 5.69 Å². The second-order valence-electron chi connectivity index (χ2n) is 11.1. The Hall–Kier alpha value is -5.71. The summed E-state index contributed by atoms with van der Waals surface area (Å²) in [7, 11) is 0. The summed E-state index contributed by atoms with van der Waals surface area (Å²) < 4.78 is 2.23. The van der Waals surface area contributed by atoms with Crippen LogP contribution in [0.3, 0.4) is 0 Å². The Morgan fingerprint density at radius 1 is 0.851 bits per heavy atom. The van der Waals surface area contributed by atoms with Crippen molar-refractivity contribution in [2.45, 2.75) is 39.5 Å². The first-order chi connectivity index (χ1) is 22.9. The fourth-order valence-corrected chi connectivity index (χ4v) is 5.57. The van der Waals surface area contributed by atoms with Crippen LogP contribution < -0.4 is 14.8 Å². The Labute approximate surface area is 272 Å². The molecule has 0 saturated carbocycles. The van der Waals surface area contributed by atoms with Crippen molar-refractivity contribution in [3.05, 3.63) is 91.0 Å². The van der Waals surface area contributed by atoms with Gasteiger partial charge in [-0.25, -0.2) is 9.78 Å². The van der Waals surface area contributed by atoms with E-state index in [0.29, 0.717) is 29.4 Å². The molecule has 1 aliphatic rings. The molecule has 0 aliphatic carbocycles. The number of carbonyl (C=O) groups excluding carboxylic acids is 3. The molecule has 11 heteroatoms. The number of benzene rings is 4. The third-order valence-corrected chi connectivity index (χ3v) is 8.02. The Morgan fingerprint density at radius 2 is 1.49 bits per heavy atom. The van der Waals surface area contributed by atoms with E-state index in [4.69, 9.17) is 9.82 Å². The summed E-state index contributed by atoms with van der Waals surface area (Å²) in [6.45, 7) is 6.66. The molecule has 1 aliphatic heterocycles. The molecule has 2 amide bonds. The van der Waals surface area contributed by atoms with Gasteiger partial charge < -0.3 is 15.1 Å². The Morgan fingerprint density at radius 3 is 2.19 bits per heavy atom. The zero-order valence-electron chi connectivity index (χ0n) is 26.4. The Kier molecular flexibility index (Phi) is 9.42. The minimum atomic E-state index is -0.609. The molecule has 0 bridgehead atoms. The number of hydroxylamine groups is 2. The lowest BCUT2D eigenvalue weighted by molar-refractivity contribution is -0.538. The highest BCUT2D eigenvalue weighted by Crippen LogP contribution is 2.27. The van der Waals surface area contributed by atoms with Gasteiger partial charge in [0.1, 0.15) is 11.0 Å². The second kappa shape index (κ2) is 14.2. The van der Waals surface area contributed by atoms with Crippen molar-refractivity contribution in [1.82, 2.24) is 10.0 Å². The number of hydrogen-bond acceptors (Lipinski definition) is 9. The van der Waals surface area contributed by atoms with E-state index in [2.05, 4.69) is 69.2 Å². The highest BCUT2D eigenvalue weighted by Gasteiger charge is 2.32. The molecule has 1 fully saturated rings. The number of azo groups is 1. The Balaban J connectivity index is 1.16. The van der Waals surface area contributed by atoms with E-state index in [1.54, 1.807) is 0 Å². The summed E-state index contributed by atoms with van der Waals surface area (Å²) in [5.74, 6) is -1.57. The largest absolute Gasteiger partial charge is 0.385 e. The molecule has 5 aromatic rings. The zero-order chi connectivity index (χ0) is 32.8. The standard InChI is InChI=1S/C36H35N7O4/c1-3-41(4-2)29-17-19-31-33(24-29)42(28-9-6-5-7-10-28)32-23-27(16-18-30(32)38-31)40-39-26-14-12-25(13-15-26)37-22-8-11-36(46)47-43-34(44)20-21-35(43)45/h5-7,9-10,12-19,23-24H,3-4,8,11,20-22H2,1-2H3/p+1. The summed E-state index contributed by atoms with van der Waals surface area (Å²) in [5.41, 5.74) is 8.15. The van der Waals surface area contributed by atoms with Gasteiger partial charge in [-0.15, -0.1) is 9.63 Å². The van der Waals surface area contributed by atoms with Gasteiger partial charge in [0.05, 0.1) is 11.4 Å². The van der Waals surface area contributed by atoms with Crippen LogP contribution in [0.4, 0.5) is 22.7 Å². The molecular formula is C36H36N7O4+. The first kappa shape index (κ1) is 31.3. The van der Waals surface area contributed by atoms with Crippen LogP contribution in [-0.4, -0.2) is 47.5 Å². The van der Waals surface area contributed by atoms with Crippen molar-refractivity contribution in [2.24, 2.45) is 10.2 Å². The van der Waals surface area contributed by atoms with Crippen LogP contribution in [0.15, 0.2) is 101 Å². The molecule has 1 N–H and O–H groups in total. The van der Waals surface area contributed by atoms with Crippen LogP contribution in [0.25, 0.3) is 27.8 Å². The normalized spacial score (nSPS) is 13.2. The van der Waals surface area contributed by atoms with Crippen LogP contribution in [0.1, 0.15) is 39.5 Å². The topological polar surface area (TPSA) is 120 Å². The van der Waals surface area contributed by atoms with E-state index in [9.17, 15) is 14.4 Å². The summed E-state index contributed by atoms with van der Waals surface area (Å²) in [5, 5.41) is 12.8. The van der Waals surface area contributed by atoms with Crippen molar-refractivity contribution in [1.29, 1.82) is 0 Å². The van der Waals surface area contributed by atoms with E-state index >= 15 is 0 Å². The lowest BCUT2D eigenvalue weighted by Crippen LogP contribution is -2.33. The third kappa shape index (κ3) is 7.09. The molecule has 47 heavy (non-hydrogen) atoms. The second-order valence-corrected chi connectivity index (χ2v) is 11.1. The number of amides is 2. The highest BCUT2D eigenvalue weighted by molar-refractivity contribution is 6.01. The van der Waals surface area contributed by atoms with Gasteiger partial charge in [-0.2, -0.15) is 10.2 Å². The van der Waals surface area contributed by atoms with Crippen molar-refractivity contribution in [2.75, 3.05) is 29.9 Å². The molecule has 0 unspecified atom stereocenters. The quantitative estimate of drug-likeness (QED) is 0.0534. The maximum atomic E-state index is 12.0. The number of para-hydroxylation sites is 1. The number of nitrogens with one attached hydrogen (secondary N) is 1. The SMILES string of the molecule is CCN(CC)c1ccc2nc3ccc(N=Nc4ccc(NCCCC(=O)ON5C(=O)CCC5=O)cc4)cc3[n+](-c3ccccc3)c2c1. The fourth-order valence-electron chi connectivity index (χ4n) is 5.57. The van der Waals surface area contributed by atoms with Gasteiger partial charge in [-0.1, -0.05) is 18.2 Å². The molecule has 0 atom stereocenters. The number of imide groups is 1. The van der Waals surface area contributed by atoms with Gasteiger partial charge in [-0.05, 0) is 68.8 Å². The smallest absolute Gasteiger partial charge is 0.333 e. The predicted octanol–water partition coefficient (Wildman–Crippen LogP) is 6.73. The molecule has 0 spiro atoms. The number of fused-ring (bicyclic) bond motifs is 2. The average molecular weight is 631 g/mol. The highest BCUT2D eigenvalue weighted by atomic mass is 16.7. The minimum Gasteiger partial charge on any atom is -0.385 e. The number of hydrogen-bond donors (Lipinski definition) is 1. The maximum absolute atomic E-state index is 12.0. The van der Waals surface area contributed by atoms with Crippen LogP contribution in [-0.2, 0) is 19.2 Å². The monoisotopic (exact) mass is 630 g/mol. The van der Waals surface area contributed by atoms with E-state index in [0.717, 1.165) is 52.2 Å². The molecule has 238 valence electrons. The van der Waals surface area contributed by atoms with Gasteiger partial charge in [0.25, 0.3) is 11.8 Å². The van der Waals surface area contributed by atoms with Gasteiger partial charge in [0, 0.05) is 74.5 Å². The van der Waals surface area contributed by atoms with Gasteiger partial charge in [0.15, 0.2) is 0 Å². The van der Waals surface area contributed by atoms with Crippen molar-refractivity contribution in [3.63, 3.8) is 0 Å². The van der Waals surface area contributed by atoms with E-state index in [1.165, 1.54) is 0 Å². The number of nitrogens with zero attached hydrogens (tertiary/aromatic N) is 6. The summed E-state index contributed by atoms with van der Waals surface area (Å²) in [6, 6.07) is 30.1. The van der Waals surface area contributed by atoms with Crippen LogP contribution in [0, 0.1) is 0 Å². The lowest BCUT2D eigenvalue weighted by Gasteiger charge is -2.20. The summed E-state index contributed by atoms with van der Waals surface area (Å²) in [6.07, 6.45) is 0.705. The first-order valence-corrected chi connectivity index (χ1v) is 15.9. The van der Waals surface area contributed by atoms with Crippen LogP contribution >= 0.6 is 0 Å². The first-order valence-electron chi connectivity index (χ1n) is 15.9. The lowest BCUT2D eigenvalue weighted by atomic mass is 10.1. The molecule has 1 saturated heterocycles.